The highest BCUT2D eigenvalue weighted by atomic mass is 16.1. The number of hydrogen-bond acceptors (Lipinski definition) is 5. The summed E-state index contributed by atoms with van der Waals surface area (Å²) in [6, 6.07) is 16.5. The number of aromatic amines is 1. The molecule has 0 unspecified atom stereocenters. The van der Waals surface area contributed by atoms with Crippen LogP contribution >= 0.6 is 0 Å². The molecule has 1 atom stereocenters. The van der Waals surface area contributed by atoms with E-state index in [0.717, 1.165) is 43.3 Å². The fraction of sp³-hybridized carbons (Fsp3) is 0.407. The van der Waals surface area contributed by atoms with Gasteiger partial charge >= 0.3 is 0 Å². The molecule has 7 heteroatoms. The molecule has 1 N–H and O–H groups in total. The van der Waals surface area contributed by atoms with Gasteiger partial charge in [-0.1, -0.05) is 44.2 Å². The van der Waals surface area contributed by atoms with E-state index in [2.05, 4.69) is 89.5 Å². The van der Waals surface area contributed by atoms with Crippen molar-refractivity contribution in [3.05, 3.63) is 87.0 Å². The molecule has 2 aromatic carbocycles. The van der Waals surface area contributed by atoms with Crippen molar-refractivity contribution in [2.75, 3.05) is 6.54 Å². The Morgan fingerprint density at radius 1 is 1.09 bits per heavy atom. The lowest BCUT2D eigenvalue weighted by molar-refractivity contribution is 0.181. The molecule has 3 heterocycles. The fourth-order valence-electron chi connectivity index (χ4n) is 4.88. The highest BCUT2D eigenvalue weighted by Gasteiger charge is 2.35. The molecule has 0 aliphatic carbocycles. The van der Waals surface area contributed by atoms with Crippen LogP contribution in [0.1, 0.15) is 68.2 Å². The highest BCUT2D eigenvalue weighted by Crippen LogP contribution is 2.34. The lowest BCUT2D eigenvalue weighted by Crippen LogP contribution is -2.40. The van der Waals surface area contributed by atoms with Crippen molar-refractivity contribution in [2.45, 2.75) is 65.1 Å². The zero-order valence-electron chi connectivity index (χ0n) is 20.4. The number of rotatable bonds is 6. The summed E-state index contributed by atoms with van der Waals surface area (Å²) in [6.45, 7) is 10.1. The molecule has 1 aliphatic rings. The minimum absolute atomic E-state index is 0.0931. The molecule has 176 valence electrons. The second kappa shape index (κ2) is 8.80. The van der Waals surface area contributed by atoms with Gasteiger partial charge in [-0.3, -0.25) is 9.69 Å². The predicted octanol–water partition coefficient (Wildman–Crippen LogP) is 4.37. The molecule has 0 spiro atoms. The van der Waals surface area contributed by atoms with E-state index in [1.165, 1.54) is 16.7 Å². The molecule has 0 amide bonds. The summed E-state index contributed by atoms with van der Waals surface area (Å²) in [6.07, 6.45) is 2.74. The number of benzene rings is 2. The average molecular weight is 457 g/mol. The van der Waals surface area contributed by atoms with Crippen LogP contribution in [-0.2, 0) is 24.9 Å². The van der Waals surface area contributed by atoms with Crippen molar-refractivity contribution >= 4 is 10.9 Å². The van der Waals surface area contributed by atoms with E-state index in [-0.39, 0.29) is 17.1 Å². The summed E-state index contributed by atoms with van der Waals surface area (Å²) in [4.78, 5) is 18.9. The third kappa shape index (κ3) is 3.94. The molecule has 7 nitrogen and oxygen atoms in total. The quantitative estimate of drug-likeness (QED) is 0.466. The Balaban J connectivity index is 1.69. The van der Waals surface area contributed by atoms with E-state index >= 15 is 0 Å². The van der Waals surface area contributed by atoms with E-state index in [1.807, 2.05) is 16.8 Å². The minimum atomic E-state index is -0.354. The number of pyridine rings is 1. The van der Waals surface area contributed by atoms with Crippen molar-refractivity contribution in [3.8, 4) is 0 Å². The average Bonchev–Trinajstić information content (AvgIpc) is 3.34. The van der Waals surface area contributed by atoms with E-state index in [1.54, 1.807) is 0 Å². The predicted molar refractivity (Wildman–Crippen MR) is 134 cm³/mol. The van der Waals surface area contributed by atoms with Gasteiger partial charge in [0.25, 0.3) is 5.56 Å². The Bertz CT molecular complexity index is 1390. The zero-order chi connectivity index (χ0) is 23.9. The SMILES string of the molecule is CCc1ccc2[nH]c(=O)c([C@@H](c3nnnn3C(C)(C)CC)N3CCc4ccccc4C3)cc2c1. The summed E-state index contributed by atoms with van der Waals surface area (Å²) < 4.78 is 1.91. The first-order chi connectivity index (χ1) is 16.4. The van der Waals surface area contributed by atoms with Crippen LogP contribution in [0.5, 0.6) is 0 Å². The van der Waals surface area contributed by atoms with Gasteiger partial charge < -0.3 is 4.98 Å². The summed E-state index contributed by atoms with van der Waals surface area (Å²) in [7, 11) is 0. The van der Waals surface area contributed by atoms with Crippen molar-refractivity contribution in [1.82, 2.24) is 30.1 Å². The monoisotopic (exact) mass is 456 g/mol. The van der Waals surface area contributed by atoms with Crippen LogP contribution in [0, 0.1) is 0 Å². The number of nitrogens with one attached hydrogen (secondary N) is 1. The lowest BCUT2D eigenvalue weighted by Gasteiger charge is -2.36. The van der Waals surface area contributed by atoms with Crippen molar-refractivity contribution in [1.29, 1.82) is 0 Å². The van der Waals surface area contributed by atoms with E-state index in [9.17, 15) is 4.79 Å². The standard InChI is InChI=1S/C27H32N6O/c1-5-18-11-12-23-21(15-18)16-22(26(34)28-23)24(25-29-30-31-33(25)27(3,4)6-2)32-14-13-19-9-7-8-10-20(19)17-32/h7-12,15-16,24H,5-6,13-14,17H2,1-4H3,(H,28,34)/t24-/m0/s1. The van der Waals surface area contributed by atoms with Crippen LogP contribution in [0.15, 0.2) is 53.3 Å². The second-order valence-electron chi connectivity index (χ2n) is 9.84. The van der Waals surface area contributed by atoms with Gasteiger partial charge in [-0.15, -0.1) is 5.10 Å². The smallest absolute Gasteiger partial charge is 0.253 e. The summed E-state index contributed by atoms with van der Waals surface area (Å²) >= 11 is 0. The maximum absolute atomic E-state index is 13.5. The number of tetrazole rings is 1. The molecule has 0 bridgehead atoms. The summed E-state index contributed by atoms with van der Waals surface area (Å²) in [5.74, 6) is 0.711. The number of fused-ring (bicyclic) bond motifs is 2. The van der Waals surface area contributed by atoms with Gasteiger partial charge in [-0.25, -0.2) is 4.68 Å². The van der Waals surface area contributed by atoms with Gasteiger partial charge in [0, 0.05) is 24.2 Å². The maximum atomic E-state index is 13.5. The molecular formula is C27H32N6O. The van der Waals surface area contributed by atoms with Gasteiger partial charge in [-0.2, -0.15) is 0 Å². The number of nitrogens with zero attached hydrogens (tertiary/aromatic N) is 5. The van der Waals surface area contributed by atoms with Gasteiger partial charge in [0.2, 0.25) is 0 Å². The van der Waals surface area contributed by atoms with Crippen LogP contribution in [0.4, 0.5) is 0 Å². The first kappa shape index (κ1) is 22.5. The van der Waals surface area contributed by atoms with E-state index in [4.69, 9.17) is 0 Å². The maximum Gasteiger partial charge on any atom is 0.253 e. The number of aromatic nitrogens is 5. The first-order valence-corrected chi connectivity index (χ1v) is 12.2. The molecular weight excluding hydrogens is 424 g/mol. The Hall–Kier alpha value is -3.32. The van der Waals surface area contributed by atoms with Crippen LogP contribution in [0.3, 0.4) is 0 Å². The van der Waals surface area contributed by atoms with E-state index < -0.39 is 0 Å². The molecule has 0 saturated heterocycles. The number of aryl methyl sites for hydroxylation is 1. The van der Waals surface area contributed by atoms with Crippen molar-refractivity contribution in [3.63, 3.8) is 0 Å². The zero-order valence-corrected chi connectivity index (χ0v) is 20.4. The Morgan fingerprint density at radius 2 is 1.88 bits per heavy atom. The largest absolute Gasteiger partial charge is 0.322 e. The highest BCUT2D eigenvalue weighted by molar-refractivity contribution is 5.80. The number of hydrogen-bond donors (Lipinski definition) is 1. The van der Waals surface area contributed by atoms with Crippen LogP contribution in [-0.4, -0.2) is 36.6 Å². The van der Waals surface area contributed by atoms with Gasteiger partial charge in [0.1, 0.15) is 6.04 Å². The molecule has 1 aliphatic heterocycles. The fourth-order valence-corrected chi connectivity index (χ4v) is 4.88. The first-order valence-electron chi connectivity index (χ1n) is 12.2. The van der Waals surface area contributed by atoms with Crippen LogP contribution < -0.4 is 5.56 Å². The van der Waals surface area contributed by atoms with Gasteiger partial charge in [0.15, 0.2) is 5.82 Å². The molecule has 5 rings (SSSR count). The van der Waals surface area contributed by atoms with Gasteiger partial charge in [-0.05, 0) is 83.8 Å². The van der Waals surface area contributed by atoms with Gasteiger partial charge in [0.05, 0.1) is 5.54 Å². The molecule has 34 heavy (non-hydrogen) atoms. The lowest BCUT2D eigenvalue weighted by atomic mass is 9.95. The molecule has 4 aromatic rings. The Kier molecular flexibility index (Phi) is 5.81. The third-order valence-electron chi connectivity index (χ3n) is 7.34. The number of H-pyrrole nitrogens is 1. The van der Waals surface area contributed by atoms with Crippen molar-refractivity contribution in [2.24, 2.45) is 0 Å². The molecule has 2 aromatic heterocycles. The minimum Gasteiger partial charge on any atom is -0.322 e. The molecule has 0 radical (unpaired) electrons. The summed E-state index contributed by atoms with van der Waals surface area (Å²) in [5, 5.41) is 14.0. The van der Waals surface area contributed by atoms with Crippen molar-refractivity contribution < 1.29 is 0 Å². The van der Waals surface area contributed by atoms with E-state index in [0.29, 0.717) is 11.4 Å². The Morgan fingerprint density at radius 3 is 2.65 bits per heavy atom. The Labute approximate surface area is 199 Å². The molecule has 0 fully saturated rings. The molecule has 0 saturated carbocycles. The second-order valence-corrected chi connectivity index (χ2v) is 9.84. The third-order valence-corrected chi connectivity index (χ3v) is 7.34. The van der Waals surface area contributed by atoms with Crippen LogP contribution in [0.25, 0.3) is 10.9 Å². The normalized spacial score (nSPS) is 15.4. The van der Waals surface area contributed by atoms with Crippen LogP contribution in [0.2, 0.25) is 0 Å². The topological polar surface area (TPSA) is 79.7 Å². The summed E-state index contributed by atoms with van der Waals surface area (Å²) in [5.41, 5.74) is 5.06.